The van der Waals surface area contributed by atoms with Crippen molar-refractivity contribution in [3.05, 3.63) is 30.3 Å². The molecule has 0 aliphatic rings. The van der Waals surface area contributed by atoms with Crippen molar-refractivity contribution in [2.45, 2.75) is 33.2 Å². The van der Waals surface area contributed by atoms with E-state index in [0.717, 1.165) is 5.69 Å². The van der Waals surface area contributed by atoms with Crippen LogP contribution in [0.1, 0.15) is 27.2 Å². The van der Waals surface area contributed by atoms with Crippen molar-refractivity contribution < 1.29 is 9.53 Å². The quantitative estimate of drug-likeness (QED) is 0.770. The zero-order valence-electron chi connectivity index (χ0n) is 10.8. The van der Waals surface area contributed by atoms with E-state index in [2.05, 4.69) is 19.2 Å². The van der Waals surface area contributed by atoms with Gasteiger partial charge < -0.3 is 10.1 Å². The lowest BCUT2D eigenvalue weighted by Crippen LogP contribution is -2.29. The highest BCUT2D eigenvalue weighted by molar-refractivity contribution is 5.70. The number of hydrogen-bond acceptors (Lipinski definition) is 3. The van der Waals surface area contributed by atoms with E-state index in [1.165, 1.54) is 0 Å². The summed E-state index contributed by atoms with van der Waals surface area (Å²) >= 11 is 0. The van der Waals surface area contributed by atoms with Crippen molar-refractivity contribution in [3.63, 3.8) is 0 Å². The molecule has 1 aromatic carbocycles. The molecule has 0 aromatic heterocycles. The van der Waals surface area contributed by atoms with Crippen LogP contribution in [-0.4, -0.2) is 18.6 Å². The molecule has 0 bridgehead atoms. The monoisotopic (exact) mass is 235 g/mol. The third kappa shape index (κ3) is 4.89. The van der Waals surface area contributed by atoms with Crippen molar-refractivity contribution >= 4 is 11.7 Å². The van der Waals surface area contributed by atoms with E-state index in [-0.39, 0.29) is 12.0 Å². The van der Waals surface area contributed by atoms with E-state index in [4.69, 9.17) is 4.74 Å². The molecule has 94 valence electrons. The normalized spacial score (nSPS) is 12.2. The molecule has 1 rings (SSSR count). The zero-order valence-corrected chi connectivity index (χ0v) is 10.8. The van der Waals surface area contributed by atoms with Gasteiger partial charge in [-0.3, -0.25) is 4.79 Å². The highest BCUT2D eigenvalue weighted by Gasteiger charge is 2.17. The fourth-order valence-corrected chi connectivity index (χ4v) is 1.60. The minimum absolute atomic E-state index is 0.108. The molecular weight excluding hydrogens is 214 g/mol. The summed E-state index contributed by atoms with van der Waals surface area (Å²) in [5.41, 5.74) is 1.04. The van der Waals surface area contributed by atoms with Crippen molar-refractivity contribution in [2.24, 2.45) is 5.92 Å². The molecule has 1 atom stereocenters. The van der Waals surface area contributed by atoms with Crippen LogP contribution in [0, 0.1) is 5.92 Å². The van der Waals surface area contributed by atoms with Gasteiger partial charge in [-0.05, 0) is 25.0 Å². The topological polar surface area (TPSA) is 38.3 Å². The third-order valence-corrected chi connectivity index (χ3v) is 2.62. The van der Waals surface area contributed by atoms with Crippen LogP contribution in [0.2, 0.25) is 0 Å². The van der Waals surface area contributed by atoms with E-state index < -0.39 is 0 Å². The van der Waals surface area contributed by atoms with Gasteiger partial charge in [0.2, 0.25) is 0 Å². The van der Waals surface area contributed by atoms with Crippen LogP contribution in [0.3, 0.4) is 0 Å². The van der Waals surface area contributed by atoms with E-state index in [9.17, 15) is 4.79 Å². The van der Waals surface area contributed by atoms with E-state index >= 15 is 0 Å². The minimum Gasteiger partial charge on any atom is -0.466 e. The highest BCUT2D eigenvalue weighted by atomic mass is 16.5. The molecule has 0 fully saturated rings. The average molecular weight is 235 g/mol. The number of nitrogens with one attached hydrogen (secondary N) is 1. The first-order chi connectivity index (χ1) is 8.13. The molecule has 0 heterocycles. The highest BCUT2D eigenvalue weighted by Crippen LogP contribution is 2.15. The van der Waals surface area contributed by atoms with Crippen LogP contribution in [0.25, 0.3) is 0 Å². The fourth-order valence-electron chi connectivity index (χ4n) is 1.60. The molecule has 17 heavy (non-hydrogen) atoms. The minimum atomic E-state index is -0.144. The molecule has 0 saturated heterocycles. The van der Waals surface area contributed by atoms with Crippen molar-refractivity contribution in [3.8, 4) is 0 Å². The number of rotatable bonds is 6. The number of hydrogen-bond donors (Lipinski definition) is 1. The number of carbonyl (C=O) groups is 1. The second kappa shape index (κ2) is 6.94. The Balaban J connectivity index is 2.58. The predicted molar refractivity (Wildman–Crippen MR) is 69.9 cm³/mol. The number of ether oxygens (including phenoxy) is 1. The molecule has 0 aliphatic heterocycles. The second-order valence-electron chi connectivity index (χ2n) is 4.37. The van der Waals surface area contributed by atoms with Crippen LogP contribution in [-0.2, 0) is 9.53 Å². The summed E-state index contributed by atoms with van der Waals surface area (Å²) in [7, 11) is 0. The predicted octanol–water partition coefficient (Wildman–Crippen LogP) is 3.08. The first-order valence-corrected chi connectivity index (χ1v) is 6.10. The molecule has 1 aromatic rings. The Morgan fingerprint density at radius 2 is 1.94 bits per heavy atom. The molecule has 0 amide bonds. The Morgan fingerprint density at radius 1 is 1.29 bits per heavy atom. The number of carbonyl (C=O) groups excluding carboxylic acids is 1. The molecule has 0 spiro atoms. The average Bonchev–Trinajstić information content (AvgIpc) is 2.29. The van der Waals surface area contributed by atoms with Crippen LogP contribution < -0.4 is 5.32 Å². The van der Waals surface area contributed by atoms with Gasteiger partial charge in [0.05, 0.1) is 13.0 Å². The van der Waals surface area contributed by atoms with Gasteiger partial charge in [0, 0.05) is 11.7 Å². The summed E-state index contributed by atoms with van der Waals surface area (Å²) in [4.78, 5) is 11.5. The molecule has 0 radical (unpaired) electrons. The molecule has 0 unspecified atom stereocenters. The van der Waals surface area contributed by atoms with E-state index in [0.29, 0.717) is 18.9 Å². The molecule has 3 heteroatoms. The first kappa shape index (κ1) is 13.6. The Bertz CT molecular complexity index is 335. The molecule has 3 nitrogen and oxygen atoms in total. The fraction of sp³-hybridized carbons (Fsp3) is 0.500. The molecule has 0 aliphatic carbocycles. The van der Waals surface area contributed by atoms with Crippen molar-refractivity contribution in [2.75, 3.05) is 11.9 Å². The summed E-state index contributed by atoms with van der Waals surface area (Å²) in [6.45, 7) is 6.46. The van der Waals surface area contributed by atoms with Gasteiger partial charge in [-0.2, -0.15) is 0 Å². The maximum Gasteiger partial charge on any atom is 0.307 e. The van der Waals surface area contributed by atoms with Gasteiger partial charge in [-0.25, -0.2) is 0 Å². The lowest BCUT2D eigenvalue weighted by atomic mass is 10.0. The van der Waals surface area contributed by atoms with Crippen LogP contribution in [0.4, 0.5) is 5.69 Å². The Hall–Kier alpha value is -1.51. The standard InChI is InChI=1S/C14H21NO2/c1-4-17-14(16)10-13(11(2)3)15-12-8-6-5-7-9-12/h5-9,11,13,15H,4,10H2,1-3H3/t13-/m0/s1. The Kier molecular flexibility index (Phi) is 5.53. The number of esters is 1. The smallest absolute Gasteiger partial charge is 0.307 e. The second-order valence-corrected chi connectivity index (χ2v) is 4.37. The summed E-state index contributed by atoms with van der Waals surface area (Å²) in [5, 5.41) is 3.37. The maximum absolute atomic E-state index is 11.5. The van der Waals surface area contributed by atoms with E-state index in [1.54, 1.807) is 0 Å². The first-order valence-electron chi connectivity index (χ1n) is 6.10. The van der Waals surface area contributed by atoms with Crippen LogP contribution >= 0.6 is 0 Å². The van der Waals surface area contributed by atoms with Crippen molar-refractivity contribution in [1.29, 1.82) is 0 Å². The van der Waals surface area contributed by atoms with Gasteiger partial charge >= 0.3 is 5.97 Å². The summed E-state index contributed by atoms with van der Waals surface area (Å²) in [6, 6.07) is 10.0. The van der Waals surface area contributed by atoms with E-state index in [1.807, 2.05) is 37.3 Å². The van der Waals surface area contributed by atoms with Crippen LogP contribution in [0.15, 0.2) is 30.3 Å². The van der Waals surface area contributed by atoms with Gasteiger partial charge in [-0.1, -0.05) is 32.0 Å². The van der Waals surface area contributed by atoms with Gasteiger partial charge in [0.15, 0.2) is 0 Å². The van der Waals surface area contributed by atoms with Gasteiger partial charge in [0.1, 0.15) is 0 Å². The summed E-state index contributed by atoms with van der Waals surface area (Å²) < 4.78 is 4.98. The number of anilines is 1. The molecular formula is C14H21NO2. The Morgan fingerprint density at radius 3 is 2.47 bits per heavy atom. The van der Waals surface area contributed by atoms with Gasteiger partial charge in [-0.15, -0.1) is 0 Å². The summed E-state index contributed by atoms with van der Waals surface area (Å²) in [6.07, 6.45) is 0.403. The largest absolute Gasteiger partial charge is 0.466 e. The third-order valence-electron chi connectivity index (χ3n) is 2.62. The molecule has 0 saturated carbocycles. The van der Waals surface area contributed by atoms with Crippen molar-refractivity contribution in [1.82, 2.24) is 0 Å². The summed E-state index contributed by atoms with van der Waals surface area (Å²) in [5.74, 6) is 0.231. The molecule has 1 N–H and O–H groups in total. The van der Waals surface area contributed by atoms with Crippen LogP contribution in [0.5, 0.6) is 0 Å². The lowest BCUT2D eigenvalue weighted by Gasteiger charge is -2.22. The lowest BCUT2D eigenvalue weighted by molar-refractivity contribution is -0.143. The maximum atomic E-state index is 11.5. The Labute approximate surface area is 103 Å². The number of benzene rings is 1. The number of para-hydroxylation sites is 1. The SMILES string of the molecule is CCOC(=O)C[C@H](Nc1ccccc1)C(C)C. The zero-order chi connectivity index (χ0) is 12.7. The van der Waals surface area contributed by atoms with Gasteiger partial charge in [0.25, 0.3) is 0 Å².